The molecule has 1 aliphatic carbocycles. The Kier molecular flexibility index (Phi) is 5.09. The normalized spacial score (nSPS) is 18.2. The van der Waals surface area contributed by atoms with Gasteiger partial charge in [0.15, 0.2) is 0 Å². The maximum absolute atomic E-state index is 12.2. The van der Waals surface area contributed by atoms with E-state index in [9.17, 15) is 4.79 Å². The summed E-state index contributed by atoms with van der Waals surface area (Å²) in [5, 5.41) is 3.00. The fraction of sp³-hybridized carbons (Fsp3) is 0.556. The lowest BCUT2D eigenvalue weighted by molar-refractivity contribution is 0.0949. The first-order chi connectivity index (χ1) is 10.8. The van der Waals surface area contributed by atoms with Gasteiger partial charge in [-0.05, 0) is 57.1 Å². The first kappa shape index (κ1) is 15.1. The zero-order chi connectivity index (χ0) is 15.2. The summed E-state index contributed by atoms with van der Waals surface area (Å²) in [5.74, 6) is -0.0579. The molecule has 0 atom stereocenters. The van der Waals surface area contributed by atoms with Crippen LogP contribution in [0.3, 0.4) is 0 Å². The van der Waals surface area contributed by atoms with E-state index < -0.39 is 0 Å². The van der Waals surface area contributed by atoms with E-state index in [2.05, 4.69) is 21.3 Å². The quantitative estimate of drug-likeness (QED) is 0.849. The monoisotopic (exact) mass is 299 g/mol. The molecule has 4 nitrogen and oxygen atoms in total. The van der Waals surface area contributed by atoms with Crippen molar-refractivity contribution in [2.45, 2.75) is 44.9 Å². The summed E-state index contributed by atoms with van der Waals surface area (Å²) in [6, 6.07) is 3.91. The summed E-state index contributed by atoms with van der Waals surface area (Å²) in [4.78, 5) is 18.8. The summed E-state index contributed by atoms with van der Waals surface area (Å²) in [6.45, 7) is 2.87. The van der Waals surface area contributed by atoms with Gasteiger partial charge < -0.3 is 10.2 Å². The van der Waals surface area contributed by atoms with Crippen LogP contribution in [-0.4, -0.2) is 30.5 Å². The third-order valence-corrected chi connectivity index (χ3v) is 4.56. The maximum atomic E-state index is 12.2. The van der Waals surface area contributed by atoms with Crippen molar-refractivity contribution in [3.63, 3.8) is 0 Å². The lowest BCUT2D eigenvalue weighted by Gasteiger charge is -2.18. The molecule has 22 heavy (non-hydrogen) atoms. The van der Waals surface area contributed by atoms with Crippen LogP contribution < -0.4 is 10.2 Å². The second-order valence-electron chi connectivity index (χ2n) is 6.21. The molecule has 0 unspecified atom stereocenters. The number of pyridine rings is 1. The van der Waals surface area contributed by atoms with Gasteiger partial charge in [0, 0.05) is 31.5 Å². The van der Waals surface area contributed by atoms with E-state index in [0.29, 0.717) is 12.2 Å². The van der Waals surface area contributed by atoms with Crippen LogP contribution in [0.1, 0.15) is 55.4 Å². The van der Waals surface area contributed by atoms with Crippen molar-refractivity contribution < 1.29 is 4.79 Å². The van der Waals surface area contributed by atoms with Gasteiger partial charge in [-0.25, -0.2) is 0 Å². The Hall–Kier alpha value is -1.84. The smallest absolute Gasteiger partial charge is 0.269 e. The Bertz CT molecular complexity index is 547. The molecular formula is C18H25N3O. The topological polar surface area (TPSA) is 45.2 Å². The zero-order valence-corrected chi connectivity index (χ0v) is 13.2. The van der Waals surface area contributed by atoms with Crippen LogP contribution in [0.2, 0.25) is 0 Å². The number of anilines is 1. The molecule has 2 aliphatic rings. The molecule has 2 heterocycles. The van der Waals surface area contributed by atoms with E-state index in [1.54, 1.807) is 6.20 Å². The highest BCUT2D eigenvalue weighted by Gasteiger charge is 2.15. The number of aromatic nitrogens is 1. The zero-order valence-electron chi connectivity index (χ0n) is 13.2. The fourth-order valence-corrected chi connectivity index (χ4v) is 3.27. The van der Waals surface area contributed by atoms with Crippen LogP contribution in [0.5, 0.6) is 0 Å². The van der Waals surface area contributed by atoms with Gasteiger partial charge in [-0.2, -0.15) is 0 Å². The molecule has 0 spiro atoms. The van der Waals surface area contributed by atoms with Crippen LogP contribution in [0.25, 0.3) is 0 Å². The van der Waals surface area contributed by atoms with E-state index in [1.165, 1.54) is 44.1 Å². The van der Waals surface area contributed by atoms with Crippen LogP contribution in [-0.2, 0) is 0 Å². The van der Waals surface area contributed by atoms with E-state index in [0.717, 1.165) is 25.2 Å². The molecule has 3 rings (SSSR count). The predicted molar refractivity (Wildman–Crippen MR) is 89.2 cm³/mol. The highest BCUT2D eigenvalue weighted by Crippen LogP contribution is 2.21. The predicted octanol–water partition coefficient (Wildman–Crippen LogP) is 3.30. The van der Waals surface area contributed by atoms with Gasteiger partial charge in [0.05, 0.1) is 0 Å². The minimum absolute atomic E-state index is 0.0579. The third kappa shape index (κ3) is 3.87. The highest BCUT2D eigenvalue weighted by molar-refractivity contribution is 5.93. The van der Waals surface area contributed by atoms with Crippen molar-refractivity contribution in [3.8, 4) is 0 Å². The first-order valence-electron chi connectivity index (χ1n) is 8.50. The average Bonchev–Trinajstić information content (AvgIpc) is 3.10. The molecule has 1 amide bonds. The summed E-state index contributed by atoms with van der Waals surface area (Å²) < 4.78 is 0. The molecule has 0 bridgehead atoms. The number of amides is 1. The summed E-state index contributed by atoms with van der Waals surface area (Å²) in [5.41, 5.74) is 3.14. The van der Waals surface area contributed by atoms with Crippen molar-refractivity contribution in [1.29, 1.82) is 0 Å². The first-order valence-corrected chi connectivity index (χ1v) is 8.50. The number of rotatable bonds is 5. The molecule has 1 fully saturated rings. The Labute approximate surface area is 132 Å². The molecule has 118 valence electrons. The number of hydrogen-bond donors (Lipinski definition) is 1. The maximum Gasteiger partial charge on any atom is 0.269 e. The fourth-order valence-electron chi connectivity index (χ4n) is 3.27. The molecule has 1 saturated heterocycles. The van der Waals surface area contributed by atoms with E-state index in [-0.39, 0.29) is 5.91 Å². The minimum atomic E-state index is -0.0579. The van der Waals surface area contributed by atoms with Gasteiger partial charge in [0.1, 0.15) is 5.69 Å². The van der Waals surface area contributed by atoms with Crippen molar-refractivity contribution in [1.82, 2.24) is 10.3 Å². The molecular weight excluding hydrogens is 274 g/mol. The van der Waals surface area contributed by atoms with Gasteiger partial charge in [-0.1, -0.05) is 11.6 Å². The van der Waals surface area contributed by atoms with E-state index in [1.807, 2.05) is 12.1 Å². The van der Waals surface area contributed by atoms with Crippen LogP contribution in [0, 0.1) is 0 Å². The van der Waals surface area contributed by atoms with Crippen molar-refractivity contribution in [2.75, 3.05) is 24.5 Å². The average molecular weight is 299 g/mol. The van der Waals surface area contributed by atoms with Gasteiger partial charge in [-0.15, -0.1) is 0 Å². The Morgan fingerprint density at radius 3 is 2.86 bits per heavy atom. The lowest BCUT2D eigenvalue weighted by atomic mass is 9.97. The second-order valence-corrected chi connectivity index (χ2v) is 6.21. The van der Waals surface area contributed by atoms with Crippen molar-refractivity contribution >= 4 is 11.6 Å². The second kappa shape index (κ2) is 7.43. The largest absolute Gasteiger partial charge is 0.371 e. The number of nitrogens with zero attached hydrogens (tertiary/aromatic N) is 2. The molecule has 1 aromatic heterocycles. The van der Waals surface area contributed by atoms with Gasteiger partial charge in [0.2, 0.25) is 0 Å². The standard InChI is InChI=1S/C18H25N3O/c22-18(20-10-8-15-6-2-1-3-7-15)17-14-16(9-11-19-17)21-12-4-5-13-21/h6,9,11,14H,1-5,7-8,10,12-13H2,(H,20,22). The Balaban J connectivity index is 1.53. The van der Waals surface area contributed by atoms with Crippen molar-refractivity contribution in [3.05, 3.63) is 35.7 Å². The Morgan fingerprint density at radius 2 is 2.09 bits per heavy atom. The van der Waals surface area contributed by atoms with Crippen LogP contribution in [0.15, 0.2) is 30.0 Å². The number of allylic oxidation sites excluding steroid dienone is 1. The molecule has 1 aliphatic heterocycles. The molecule has 1 aromatic rings. The molecule has 1 N–H and O–H groups in total. The molecule has 4 heteroatoms. The van der Waals surface area contributed by atoms with E-state index in [4.69, 9.17) is 0 Å². The lowest BCUT2D eigenvalue weighted by Crippen LogP contribution is -2.26. The molecule has 0 radical (unpaired) electrons. The third-order valence-electron chi connectivity index (χ3n) is 4.56. The minimum Gasteiger partial charge on any atom is -0.371 e. The number of nitrogens with one attached hydrogen (secondary N) is 1. The number of hydrogen-bond acceptors (Lipinski definition) is 3. The van der Waals surface area contributed by atoms with Gasteiger partial charge in [0.25, 0.3) is 5.91 Å². The van der Waals surface area contributed by atoms with Crippen LogP contribution in [0.4, 0.5) is 5.69 Å². The van der Waals surface area contributed by atoms with Crippen molar-refractivity contribution in [2.24, 2.45) is 0 Å². The van der Waals surface area contributed by atoms with Gasteiger partial charge in [-0.3, -0.25) is 9.78 Å². The summed E-state index contributed by atoms with van der Waals surface area (Å²) in [7, 11) is 0. The number of carbonyl (C=O) groups excluding carboxylic acids is 1. The molecule has 0 saturated carbocycles. The summed E-state index contributed by atoms with van der Waals surface area (Å²) in [6.07, 6.45) is 12.5. The van der Waals surface area contributed by atoms with E-state index >= 15 is 0 Å². The summed E-state index contributed by atoms with van der Waals surface area (Å²) >= 11 is 0. The Morgan fingerprint density at radius 1 is 1.23 bits per heavy atom. The molecule has 0 aromatic carbocycles. The van der Waals surface area contributed by atoms with Crippen LogP contribution >= 0.6 is 0 Å². The highest BCUT2D eigenvalue weighted by atomic mass is 16.1. The SMILES string of the molecule is O=C(NCCC1=CCCCC1)c1cc(N2CCCC2)ccn1. The van der Waals surface area contributed by atoms with Gasteiger partial charge >= 0.3 is 0 Å². The number of carbonyl (C=O) groups is 1.